The molecule has 1 heterocycles. The van der Waals surface area contributed by atoms with Gasteiger partial charge < -0.3 is 5.32 Å². The third-order valence-electron chi connectivity index (χ3n) is 5.19. The number of nitrogens with one attached hydrogen (secondary N) is 1. The second kappa shape index (κ2) is 9.92. The van der Waals surface area contributed by atoms with Crippen LogP contribution < -0.4 is 10.2 Å². The van der Waals surface area contributed by atoms with E-state index in [-0.39, 0.29) is 28.9 Å². The number of unbranched alkanes of at least 4 members (excludes halogenated alkanes) is 1. The number of halogens is 1. The van der Waals surface area contributed by atoms with E-state index in [4.69, 9.17) is 0 Å². The molecule has 0 saturated carbocycles. The molecule has 0 spiro atoms. The lowest BCUT2D eigenvalue weighted by molar-refractivity contribution is -0.120. The standard InChI is InChI=1S/C23H27FN2O2S/c1-3-5-7-16(4-2)22(28)25-19-12-10-17(11-13-19)23-26(21(27)15-29-23)20-9-6-8-18(24)14-20/h6,8-14,16,23H,3-5,7,15H2,1-2H3,(H,25,28). The highest BCUT2D eigenvalue weighted by Gasteiger charge is 2.34. The highest BCUT2D eigenvalue weighted by Crippen LogP contribution is 2.42. The second-order valence-corrected chi connectivity index (χ2v) is 8.33. The predicted molar refractivity (Wildman–Crippen MR) is 117 cm³/mol. The summed E-state index contributed by atoms with van der Waals surface area (Å²) < 4.78 is 13.6. The van der Waals surface area contributed by atoms with Gasteiger partial charge in [0.25, 0.3) is 0 Å². The van der Waals surface area contributed by atoms with Crippen LogP contribution in [0.2, 0.25) is 0 Å². The SMILES string of the molecule is CCCCC(CC)C(=O)Nc1ccc(C2SCC(=O)N2c2cccc(F)c2)cc1. The van der Waals surface area contributed by atoms with E-state index in [2.05, 4.69) is 12.2 Å². The molecule has 2 unspecified atom stereocenters. The van der Waals surface area contributed by atoms with Gasteiger partial charge in [-0.05, 0) is 48.7 Å². The molecule has 1 aliphatic rings. The van der Waals surface area contributed by atoms with Gasteiger partial charge in [-0.1, -0.05) is 44.9 Å². The van der Waals surface area contributed by atoms with Gasteiger partial charge >= 0.3 is 0 Å². The minimum atomic E-state index is -0.363. The van der Waals surface area contributed by atoms with E-state index >= 15 is 0 Å². The molecule has 0 radical (unpaired) electrons. The molecule has 1 aliphatic heterocycles. The number of hydrogen-bond acceptors (Lipinski definition) is 3. The summed E-state index contributed by atoms with van der Waals surface area (Å²) in [5.74, 6) is 0.0406. The first-order chi connectivity index (χ1) is 14.0. The van der Waals surface area contributed by atoms with Crippen LogP contribution in [0, 0.1) is 11.7 Å². The maximum Gasteiger partial charge on any atom is 0.238 e. The number of hydrogen-bond donors (Lipinski definition) is 1. The summed E-state index contributed by atoms with van der Waals surface area (Å²) in [5.41, 5.74) is 2.26. The van der Waals surface area contributed by atoms with E-state index in [0.29, 0.717) is 11.4 Å². The van der Waals surface area contributed by atoms with E-state index in [0.717, 1.165) is 36.9 Å². The van der Waals surface area contributed by atoms with Gasteiger partial charge in [-0.2, -0.15) is 0 Å². The van der Waals surface area contributed by atoms with Gasteiger partial charge in [0.05, 0.1) is 5.75 Å². The Balaban J connectivity index is 1.72. The zero-order valence-electron chi connectivity index (χ0n) is 16.9. The molecule has 0 bridgehead atoms. The Morgan fingerprint density at radius 3 is 2.66 bits per heavy atom. The van der Waals surface area contributed by atoms with Crippen molar-refractivity contribution in [2.45, 2.75) is 44.9 Å². The van der Waals surface area contributed by atoms with Crippen molar-refractivity contribution in [1.82, 2.24) is 0 Å². The largest absolute Gasteiger partial charge is 0.326 e. The average molecular weight is 415 g/mol. The van der Waals surface area contributed by atoms with Crippen LogP contribution in [-0.2, 0) is 9.59 Å². The lowest BCUT2D eigenvalue weighted by Crippen LogP contribution is -2.27. The summed E-state index contributed by atoms with van der Waals surface area (Å²) >= 11 is 1.52. The monoisotopic (exact) mass is 414 g/mol. The molecule has 4 nitrogen and oxygen atoms in total. The number of carbonyl (C=O) groups excluding carboxylic acids is 2. The summed E-state index contributed by atoms with van der Waals surface area (Å²) in [4.78, 5) is 26.5. The van der Waals surface area contributed by atoms with Gasteiger partial charge in [0.1, 0.15) is 11.2 Å². The molecule has 1 fully saturated rings. The van der Waals surface area contributed by atoms with Crippen molar-refractivity contribution in [2.75, 3.05) is 16.0 Å². The third-order valence-corrected chi connectivity index (χ3v) is 6.40. The van der Waals surface area contributed by atoms with Crippen LogP contribution in [0.5, 0.6) is 0 Å². The lowest BCUT2D eigenvalue weighted by atomic mass is 9.98. The Morgan fingerprint density at radius 1 is 1.24 bits per heavy atom. The first kappa shape index (κ1) is 21.4. The van der Waals surface area contributed by atoms with Crippen molar-refractivity contribution in [3.63, 3.8) is 0 Å². The number of carbonyl (C=O) groups is 2. The van der Waals surface area contributed by atoms with Crippen molar-refractivity contribution < 1.29 is 14.0 Å². The summed E-state index contributed by atoms with van der Waals surface area (Å²) in [7, 11) is 0. The molecule has 2 atom stereocenters. The first-order valence-corrected chi connectivity index (χ1v) is 11.2. The molecule has 29 heavy (non-hydrogen) atoms. The highest BCUT2D eigenvalue weighted by atomic mass is 32.2. The van der Waals surface area contributed by atoms with Crippen LogP contribution in [0.4, 0.5) is 15.8 Å². The molecule has 1 N–H and O–H groups in total. The fraction of sp³-hybridized carbons (Fsp3) is 0.391. The van der Waals surface area contributed by atoms with Crippen LogP contribution in [-0.4, -0.2) is 17.6 Å². The summed E-state index contributed by atoms with van der Waals surface area (Å²) in [5, 5.41) is 2.80. The molecular formula is C23H27FN2O2S. The topological polar surface area (TPSA) is 49.4 Å². The number of rotatable bonds is 8. The van der Waals surface area contributed by atoms with Gasteiger partial charge in [0, 0.05) is 17.3 Å². The van der Waals surface area contributed by atoms with E-state index in [1.54, 1.807) is 17.0 Å². The van der Waals surface area contributed by atoms with Crippen LogP contribution in [0.1, 0.15) is 50.5 Å². The van der Waals surface area contributed by atoms with Gasteiger partial charge in [-0.15, -0.1) is 11.8 Å². The highest BCUT2D eigenvalue weighted by molar-refractivity contribution is 8.00. The Kier molecular flexibility index (Phi) is 7.31. The van der Waals surface area contributed by atoms with Gasteiger partial charge in [0.2, 0.25) is 11.8 Å². The molecule has 0 aliphatic carbocycles. The van der Waals surface area contributed by atoms with Crippen molar-refractivity contribution in [3.8, 4) is 0 Å². The van der Waals surface area contributed by atoms with Crippen molar-refractivity contribution in [3.05, 3.63) is 59.9 Å². The summed E-state index contributed by atoms with van der Waals surface area (Å²) in [6.07, 6.45) is 3.86. The fourth-order valence-corrected chi connectivity index (χ4v) is 4.70. The normalized spacial score (nSPS) is 17.4. The van der Waals surface area contributed by atoms with Crippen LogP contribution in [0.15, 0.2) is 48.5 Å². The molecule has 2 aromatic carbocycles. The molecular weight excluding hydrogens is 387 g/mol. The Hall–Kier alpha value is -2.34. The molecule has 1 saturated heterocycles. The maximum absolute atomic E-state index is 13.6. The zero-order chi connectivity index (χ0) is 20.8. The van der Waals surface area contributed by atoms with Crippen molar-refractivity contribution in [1.29, 1.82) is 0 Å². The second-order valence-electron chi connectivity index (χ2n) is 7.27. The molecule has 6 heteroatoms. The number of thioether (sulfide) groups is 1. The van der Waals surface area contributed by atoms with E-state index in [1.165, 1.54) is 23.9 Å². The smallest absolute Gasteiger partial charge is 0.238 e. The first-order valence-electron chi connectivity index (χ1n) is 10.1. The Morgan fingerprint density at radius 2 is 2.00 bits per heavy atom. The van der Waals surface area contributed by atoms with Crippen molar-refractivity contribution in [2.24, 2.45) is 5.92 Å². The maximum atomic E-state index is 13.6. The lowest BCUT2D eigenvalue weighted by Gasteiger charge is -2.24. The number of anilines is 2. The Labute approximate surface area is 175 Å². The van der Waals surface area contributed by atoms with Gasteiger partial charge in [0.15, 0.2) is 0 Å². The Bertz CT molecular complexity index is 856. The van der Waals surface area contributed by atoms with E-state index < -0.39 is 0 Å². The number of benzene rings is 2. The van der Waals surface area contributed by atoms with Crippen LogP contribution in [0.25, 0.3) is 0 Å². The molecule has 0 aromatic heterocycles. The molecule has 2 aromatic rings. The third kappa shape index (κ3) is 5.18. The van der Waals surface area contributed by atoms with E-state index in [1.807, 2.05) is 31.2 Å². The number of nitrogens with zero attached hydrogens (tertiary/aromatic N) is 1. The van der Waals surface area contributed by atoms with Gasteiger partial charge in [-0.3, -0.25) is 14.5 Å². The minimum Gasteiger partial charge on any atom is -0.326 e. The quantitative estimate of drug-likeness (QED) is 0.597. The fourth-order valence-electron chi connectivity index (χ4n) is 3.52. The average Bonchev–Trinajstić information content (AvgIpc) is 3.10. The van der Waals surface area contributed by atoms with Gasteiger partial charge in [-0.25, -0.2) is 4.39 Å². The summed E-state index contributed by atoms with van der Waals surface area (Å²) in [6.45, 7) is 4.17. The molecule has 2 amide bonds. The molecule has 154 valence electrons. The van der Waals surface area contributed by atoms with Crippen molar-refractivity contribution >= 4 is 35.0 Å². The predicted octanol–water partition coefficient (Wildman–Crippen LogP) is 5.76. The summed E-state index contributed by atoms with van der Waals surface area (Å²) in [6, 6.07) is 13.7. The molecule has 3 rings (SSSR count). The zero-order valence-corrected chi connectivity index (χ0v) is 17.7. The van der Waals surface area contributed by atoms with Crippen LogP contribution >= 0.6 is 11.8 Å². The number of amides is 2. The minimum absolute atomic E-state index is 0.0288. The van der Waals surface area contributed by atoms with E-state index in [9.17, 15) is 14.0 Å². The van der Waals surface area contributed by atoms with Crippen LogP contribution in [0.3, 0.4) is 0 Å².